The molecule has 2 heterocycles. The van der Waals surface area contributed by atoms with E-state index in [0.29, 0.717) is 13.1 Å². The second-order valence-electron chi connectivity index (χ2n) is 4.18. The van der Waals surface area contributed by atoms with Crippen LogP contribution in [0.5, 0.6) is 0 Å². The highest BCUT2D eigenvalue weighted by Crippen LogP contribution is 2.13. The topological polar surface area (TPSA) is 89.2 Å². The number of hydrogen-bond donors (Lipinski definition) is 1. The van der Waals surface area contributed by atoms with Crippen LogP contribution in [-0.2, 0) is 0 Å². The molecular formula is C12H14N4O2. The average molecular weight is 246 g/mol. The molecule has 0 saturated heterocycles. The van der Waals surface area contributed by atoms with Gasteiger partial charge in [-0.3, -0.25) is 9.59 Å². The number of amides is 2. The smallest absolute Gasteiger partial charge is 0.275 e. The maximum atomic E-state index is 12.3. The van der Waals surface area contributed by atoms with Crippen molar-refractivity contribution in [2.75, 3.05) is 13.1 Å². The van der Waals surface area contributed by atoms with Crippen LogP contribution in [0, 0.1) is 0 Å². The zero-order chi connectivity index (χ0) is 13.1. The van der Waals surface area contributed by atoms with Crippen molar-refractivity contribution in [3.63, 3.8) is 0 Å². The monoisotopic (exact) mass is 246 g/mol. The Kier molecular flexibility index (Phi) is 3.36. The van der Waals surface area contributed by atoms with Crippen molar-refractivity contribution in [1.29, 1.82) is 0 Å². The van der Waals surface area contributed by atoms with E-state index in [4.69, 9.17) is 5.73 Å². The van der Waals surface area contributed by atoms with E-state index in [2.05, 4.69) is 16.0 Å². The molecule has 1 aliphatic rings. The lowest BCUT2D eigenvalue weighted by molar-refractivity contribution is 0.0753. The summed E-state index contributed by atoms with van der Waals surface area (Å²) in [5, 5.41) is 0. The number of primary amides is 1. The van der Waals surface area contributed by atoms with Gasteiger partial charge >= 0.3 is 0 Å². The van der Waals surface area contributed by atoms with E-state index in [1.54, 1.807) is 4.90 Å². The van der Waals surface area contributed by atoms with E-state index in [0.717, 1.165) is 12.0 Å². The Hall–Kier alpha value is -2.24. The Bertz CT molecular complexity index is 525. The van der Waals surface area contributed by atoms with Gasteiger partial charge in [-0.05, 0) is 13.3 Å². The van der Waals surface area contributed by atoms with Gasteiger partial charge in [-0.25, -0.2) is 9.97 Å². The fourth-order valence-electron chi connectivity index (χ4n) is 1.91. The zero-order valence-corrected chi connectivity index (χ0v) is 10.1. The number of rotatable bonds is 2. The summed E-state index contributed by atoms with van der Waals surface area (Å²) in [4.78, 5) is 32.9. The molecule has 1 aromatic rings. The third kappa shape index (κ3) is 2.37. The molecule has 1 aliphatic heterocycles. The number of carbonyl (C=O) groups is 2. The van der Waals surface area contributed by atoms with Crippen LogP contribution >= 0.6 is 0 Å². The van der Waals surface area contributed by atoms with Crippen LogP contribution in [0.2, 0.25) is 0 Å². The van der Waals surface area contributed by atoms with Gasteiger partial charge in [-0.1, -0.05) is 11.6 Å². The first-order valence-corrected chi connectivity index (χ1v) is 5.65. The minimum Gasteiger partial charge on any atom is -0.364 e. The van der Waals surface area contributed by atoms with Gasteiger partial charge in [0.25, 0.3) is 11.8 Å². The largest absolute Gasteiger partial charge is 0.364 e. The predicted octanol–water partition coefficient (Wildman–Crippen LogP) is 0.368. The van der Waals surface area contributed by atoms with Gasteiger partial charge in [0, 0.05) is 25.5 Å². The Morgan fingerprint density at radius 2 is 1.94 bits per heavy atom. The summed E-state index contributed by atoms with van der Waals surface area (Å²) >= 11 is 0. The molecule has 0 unspecified atom stereocenters. The quantitative estimate of drug-likeness (QED) is 0.763. The number of carbonyl (C=O) groups excluding carboxylic acids is 2. The highest BCUT2D eigenvalue weighted by atomic mass is 16.2. The second-order valence-corrected chi connectivity index (χ2v) is 4.18. The maximum absolute atomic E-state index is 12.3. The van der Waals surface area contributed by atoms with Crippen molar-refractivity contribution in [3.8, 4) is 0 Å². The minimum absolute atomic E-state index is 0.0275. The Morgan fingerprint density at radius 3 is 2.56 bits per heavy atom. The van der Waals surface area contributed by atoms with E-state index in [-0.39, 0.29) is 17.3 Å². The standard InChI is InChI=1S/C12H14N4O2/c1-8-3-2-6-16(7-8)12(18)10-9(11(13)17)14-4-5-15-10/h3-5H,2,6-7H2,1H3,(H2,13,17). The fourth-order valence-corrected chi connectivity index (χ4v) is 1.91. The predicted molar refractivity (Wildman–Crippen MR) is 64.8 cm³/mol. The summed E-state index contributed by atoms with van der Waals surface area (Å²) < 4.78 is 0. The summed E-state index contributed by atoms with van der Waals surface area (Å²) in [6.07, 6.45) is 5.63. The zero-order valence-electron chi connectivity index (χ0n) is 10.1. The number of hydrogen-bond acceptors (Lipinski definition) is 4. The molecule has 0 aromatic carbocycles. The van der Waals surface area contributed by atoms with E-state index in [1.165, 1.54) is 12.4 Å². The molecule has 1 aromatic heterocycles. The molecule has 0 spiro atoms. The molecule has 2 amide bonds. The normalized spacial score (nSPS) is 15.2. The maximum Gasteiger partial charge on any atom is 0.275 e. The molecule has 2 rings (SSSR count). The van der Waals surface area contributed by atoms with Crippen molar-refractivity contribution in [2.45, 2.75) is 13.3 Å². The first-order chi connectivity index (χ1) is 8.59. The summed E-state index contributed by atoms with van der Waals surface area (Å²) in [5.41, 5.74) is 6.26. The van der Waals surface area contributed by atoms with Crippen molar-refractivity contribution in [1.82, 2.24) is 14.9 Å². The van der Waals surface area contributed by atoms with Crippen LogP contribution in [0.15, 0.2) is 24.0 Å². The minimum atomic E-state index is -0.740. The third-order valence-corrected chi connectivity index (χ3v) is 2.75. The van der Waals surface area contributed by atoms with Gasteiger partial charge in [-0.15, -0.1) is 0 Å². The Morgan fingerprint density at radius 1 is 1.28 bits per heavy atom. The number of aromatic nitrogens is 2. The van der Waals surface area contributed by atoms with Crippen LogP contribution in [0.3, 0.4) is 0 Å². The highest BCUT2D eigenvalue weighted by Gasteiger charge is 2.24. The van der Waals surface area contributed by atoms with Gasteiger partial charge in [0.15, 0.2) is 11.4 Å². The Labute approximate surface area is 105 Å². The van der Waals surface area contributed by atoms with Gasteiger partial charge in [0.05, 0.1) is 0 Å². The van der Waals surface area contributed by atoms with E-state index in [9.17, 15) is 9.59 Å². The van der Waals surface area contributed by atoms with Crippen molar-refractivity contribution >= 4 is 11.8 Å². The van der Waals surface area contributed by atoms with Crippen LogP contribution in [0.4, 0.5) is 0 Å². The van der Waals surface area contributed by atoms with E-state index < -0.39 is 5.91 Å². The van der Waals surface area contributed by atoms with Gasteiger partial charge in [0.1, 0.15) is 0 Å². The molecule has 0 atom stereocenters. The number of nitrogens with two attached hydrogens (primary N) is 1. The average Bonchev–Trinajstić information content (AvgIpc) is 2.38. The molecule has 94 valence electrons. The van der Waals surface area contributed by atoms with Crippen LogP contribution in [0.25, 0.3) is 0 Å². The molecule has 0 bridgehead atoms. The molecular weight excluding hydrogens is 232 g/mol. The molecule has 18 heavy (non-hydrogen) atoms. The lowest BCUT2D eigenvalue weighted by Crippen LogP contribution is -2.37. The Balaban J connectivity index is 2.29. The van der Waals surface area contributed by atoms with Gasteiger partial charge < -0.3 is 10.6 Å². The van der Waals surface area contributed by atoms with Crippen LogP contribution in [-0.4, -0.2) is 39.8 Å². The molecule has 6 nitrogen and oxygen atoms in total. The SMILES string of the molecule is CC1=CCCN(C(=O)c2nccnc2C(N)=O)C1. The second kappa shape index (κ2) is 4.95. The molecule has 2 N–H and O–H groups in total. The molecule has 0 radical (unpaired) electrons. The fraction of sp³-hybridized carbons (Fsp3) is 0.333. The van der Waals surface area contributed by atoms with Crippen LogP contribution < -0.4 is 5.73 Å². The van der Waals surface area contributed by atoms with Gasteiger partial charge in [0.2, 0.25) is 0 Å². The highest BCUT2D eigenvalue weighted by molar-refractivity contribution is 6.04. The summed E-state index contributed by atoms with van der Waals surface area (Å²) in [7, 11) is 0. The van der Waals surface area contributed by atoms with Crippen molar-refractivity contribution in [3.05, 3.63) is 35.4 Å². The first kappa shape index (κ1) is 12.2. The first-order valence-electron chi connectivity index (χ1n) is 5.65. The van der Waals surface area contributed by atoms with E-state index >= 15 is 0 Å². The molecule has 6 heteroatoms. The molecule has 0 saturated carbocycles. The summed E-state index contributed by atoms with van der Waals surface area (Å²) in [5.74, 6) is -1.04. The van der Waals surface area contributed by atoms with E-state index in [1.807, 2.05) is 6.92 Å². The number of nitrogens with zero attached hydrogens (tertiary/aromatic N) is 3. The van der Waals surface area contributed by atoms with Crippen molar-refractivity contribution in [2.24, 2.45) is 5.73 Å². The summed E-state index contributed by atoms with van der Waals surface area (Å²) in [6, 6.07) is 0. The lowest BCUT2D eigenvalue weighted by Gasteiger charge is -2.26. The van der Waals surface area contributed by atoms with Crippen molar-refractivity contribution < 1.29 is 9.59 Å². The summed E-state index contributed by atoms with van der Waals surface area (Å²) in [6.45, 7) is 3.13. The van der Waals surface area contributed by atoms with Crippen LogP contribution in [0.1, 0.15) is 34.3 Å². The molecule has 0 aliphatic carbocycles. The molecule has 0 fully saturated rings. The van der Waals surface area contributed by atoms with Gasteiger partial charge in [-0.2, -0.15) is 0 Å². The lowest BCUT2D eigenvalue weighted by atomic mass is 10.1. The third-order valence-electron chi connectivity index (χ3n) is 2.75.